The monoisotopic (exact) mass is 297 g/mol. The summed E-state index contributed by atoms with van der Waals surface area (Å²) in [7, 11) is 0. The van der Waals surface area contributed by atoms with Crippen LogP contribution in [0, 0.1) is 13.8 Å². The summed E-state index contributed by atoms with van der Waals surface area (Å²) in [5, 5.41) is 3.58. The van der Waals surface area contributed by atoms with Gasteiger partial charge in [-0.25, -0.2) is 0 Å². The second-order valence-corrected chi connectivity index (χ2v) is 5.94. The zero-order chi connectivity index (χ0) is 15.5. The predicted molar refractivity (Wildman–Crippen MR) is 90.0 cm³/mol. The van der Waals surface area contributed by atoms with E-state index in [1.54, 1.807) is 0 Å². The third-order valence-electron chi connectivity index (χ3n) is 4.03. The molecular formula is C19H23NO2. The number of benzene rings is 2. The number of aryl methyl sites for hydroxylation is 2. The highest BCUT2D eigenvalue weighted by Crippen LogP contribution is 2.33. The van der Waals surface area contributed by atoms with Gasteiger partial charge in [-0.1, -0.05) is 23.8 Å². The van der Waals surface area contributed by atoms with E-state index in [1.807, 2.05) is 6.07 Å². The molecule has 0 spiro atoms. The number of hydrogen-bond acceptors (Lipinski definition) is 3. The highest BCUT2D eigenvalue weighted by atomic mass is 16.5. The molecule has 3 rings (SSSR count). The number of rotatable bonds is 3. The molecule has 1 N–H and O–H groups in total. The smallest absolute Gasteiger partial charge is 0.161 e. The first-order valence-corrected chi connectivity index (χ1v) is 7.87. The van der Waals surface area contributed by atoms with Crippen LogP contribution in [0.3, 0.4) is 0 Å². The molecule has 3 heteroatoms. The number of nitrogens with one attached hydrogen (secondary N) is 1. The molecule has 3 nitrogen and oxygen atoms in total. The average Bonchev–Trinajstić information content (AvgIpc) is 2.74. The van der Waals surface area contributed by atoms with Crippen molar-refractivity contribution in [3.05, 3.63) is 53.1 Å². The van der Waals surface area contributed by atoms with Gasteiger partial charge < -0.3 is 14.8 Å². The van der Waals surface area contributed by atoms with Crippen LogP contribution < -0.4 is 14.8 Å². The van der Waals surface area contributed by atoms with E-state index in [2.05, 4.69) is 56.4 Å². The highest BCUT2D eigenvalue weighted by Gasteiger charge is 2.14. The van der Waals surface area contributed by atoms with Crippen molar-refractivity contribution in [3.8, 4) is 11.5 Å². The minimum Gasteiger partial charge on any atom is -0.490 e. The van der Waals surface area contributed by atoms with Crippen molar-refractivity contribution in [2.75, 3.05) is 18.5 Å². The predicted octanol–water partition coefficient (Wildman–Crippen LogP) is 4.64. The largest absolute Gasteiger partial charge is 0.490 e. The Hall–Kier alpha value is -2.16. The van der Waals surface area contributed by atoms with Crippen LogP contribution in [0.15, 0.2) is 36.4 Å². The zero-order valence-corrected chi connectivity index (χ0v) is 13.5. The number of anilines is 1. The summed E-state index contributed by atoms with van der Waals surface area (Å²) in [5.74, 6) is 1.70. The molecule has 0 radical (unpaired) electrons. The second-order valence-electron chi connectivity index (χ2n) is 5.94. The summed E-state index contributed by atoms with van der Waals surface area (Å²) in [6.07, 6.45) is 0.931. The Morgan fingerprint density at radius 1 is 0.955 bits per heavy atom. The first kappa shape index (κ1) is 14.8. The van der Waals surface area contributed by atoms with Crippen molar-refractivity contribution in [1.29, 1.82) is 0 Å². The van der Waals surface area contributed by atoms with E-state index in [1.165, 1.54) is 22.4 Å². The zero-order valence-electron chi connectivity index (χ0n) is 13.5. The molecule has 0 aliphatic carbocycles. The van der Waals surface area contributed by atoms with E-state index in [-0.39, 0.29) is 6.04 Å². The molecule has 0 saturated heterocycles. The van der Waals surface area contributed by atoms with Gasteiger partial charge in [-0.15, -0.1) is 0 Å². The van der Waals surface area contributed by atoms with Crippen LogP contribution in [0.5, 0.6) is 11.5 Å². The van der Waals surface area contributed by atoms with Gasteiger partial charge in [-0.3, -0.25) is 0 Å². The summed E-state index contributed by atoms with van der Waals surface area (Å²) < 4.78 is 11.5. The fraction of sp³-hybridized carbons (Fsp3) is 0.368. The van der Waals surface area contributed by atoms with Crippen LogP contribution in [-0.2, 0) is 0 Å². The standard InChI is InChI=1S/C19H23NO2/c1-13-5-7-17(14(2)11-13)20-15(3)16-6-8-18-19(12-16)22-10-4-9-21-18/h5-8,11-12,15,20H,4,9-10H2,1-3H3. The Labute approximate surface area is 132 Å². The van der Waals surface area contributed by atoms with Gasteiger partial charge in [0.05, 0.1) is 13.2 Å². The van der Waals surface area contributed by atoms with Crippen LogP contribution in [0.1, 0.15) is 36.1 Å². The van der Waals surface area contributed by atoms with Crippen molar-refractivity contribution in [1.82, 2.24) is 0 Å². The summed E-state index contributed by atoms with van der Waals surface area (Å²) in [4.78, 5) is 0. The fourth-order valence-corrected chi connectivity index (χ4v) is 2.74. The van der Waals surface area contributed by atoms with Gasteiger partial charge in [0.2, 0.25) is 0 Å². The van der Waals surface area contributed by atoms with Crippen molar-refractivity contribution in [3.63, 3.8) is 0 Å². The molecule has 1 aliphatic heterocycles. The van der Waals surface area contributed by atoms with Gasteiger partial charge in [0.25, 0.3) is 0 Å². The lowest BCUT2D eigenvalue weighted by atomic mass is 10.1. The number of hydrogen-bond donors (Lipinski definition) is 1. The van der Waals surface area contributed by atoms with Crippen molar-refractivity contribution < 1.29 is 9.47 Å². The van der Waals surface area contributed by atoms with Gasteiger partial charge in [-0.2, -0.15) is 0 Å². The first-order valence-electron chi connectivity index (χ1n) is 7.87. The normalized spacial score (nSPS) is 15.0. The average molecular weight is 297 g/mol. The van der Waals surface area contributed by atoms with Gasteiger partial charge in [0, 0.05) is 18.2 Å². The first-order chi connectivity index (χ1) is 10.6. The summed E-state index contributed by atoms with van der Waals surface area (Å²) in [6, 6.07) is 12.9. The molecule has 0 amide bonds. The molecule has 22 heavy (non-hydrogen) atoms. The van der Waals surface area contributed by atoms with Crippen LogP contribution in [0.2, 0.25) is 0 Å². The Kier molecular flexibility index (Phi) is 4.23. The Morgan fingerprint density at radius 3 is 2.50 bits per heavy atom. The van der Waals surface area contributed by atoms with Gasteiger partial charge >= 0.3 is 0 Å². The topological polar surface area (TPSA) is 30.5 Å². The molecule has 2 aromatic carbocycles. The Bertz CT molecular complexity index is 666. The Morgan fingerprint density at radius 2 is 1.73 bits per heavy atom. The molecule has 1 unspecified atom stereocenters. The van der Waals surface area contributed by atoms with E-state index in [0.717, 1.165) is 31.1 Å². The molecule has 0 saturated carbocycles. The lowest BCUT2D eigenvalue weighted by molar-refractivity contribution is 0.297. The van der Waals surface area contributed by atoms with Crippen molar-refractivity contribution >= 4 is 5.69 Å². The Balaban J connectivity index is 1.80. The van der Waals surface area contributed by atoms with Crippen LogP contribution >= 0.6 is 0 Å². The molecule has 0 aromatic heterocycles. The van der Waals surface area contributed by atoms with Crippen LogP contribution in [0.4, 0.5) is 5.69 Å². The molecule has 0 fully saturated rings. The van der Waals surface area contributed by atoms with Gasteiger partial charge in [0.15, 0.2) is 11.5 Å². The molecule has 0 bridgehead atoms. The van der Waals surface area contributed by atoms with E-state index >= 15 is 0 Å². The molecule has 2 aromatic rings. The lowest BCUT2D eigenvalue weighted by Gasteiger charge is -2.19. The van der Waals surface area contributed by atoms with Crippen molar-refractivity contribution in [2.24, 2.45) is 0 Å². The van der Waals surface area contributed by atoms with Crippen molar-refractivity contribution in [2.45, 2.75) is 33.2 Å². The summed E-state index contributed by atoms with van der Waals surface area (Å²) in [5.41, 5.74) is 4.92. The van der Waals surface area contributed by atoms with Gasteiger partial charge in [-0.05, 0) is 50.1 Å². The minimum atomic E-state index is 0.207. The molecular weight excluding hydrogens is 274 g/mol. The maximum atomic E-state index is 5.78. The van der Waals surface area contributed by atoms with E-state index in [9.17, 15) is 0 Å². The molecule has 1 heterocycles. The van der Waals surface area contributed by atoms with Crippen LogP contribution in [-0.4, -0.2) is 13.2 Å². The van der Waals surface area contributed by atoms with E-state index in [0.29, 0.717) is 0 Å². The third-order valence-corrected chi connectivity index (χ3v) is 4.03. The quantitative estimate of drug-likeness (QED) is 0.895. The summed E-state index contributed by atoms with van der Waals surface area (Å²) >= 11 is 0. The minimum absolute atomic E-state index is 0.207. The number of fused-ring (bicyclic) bond motifs is 1. The van der Waals surface area contributed by atoms with E-state index in [4.69, 9.17) is 9.47 Å². The fourth-order valence-electron chi connectivity index (χ4n) is 2.74. The SMILES string of the molecule is Cc1ccc(NC(C)c2ccc3c(c2)OCCCO3)c(C)c1. The maximum Gasteiger partial charge on any atom is 0.161 e. The number of ether oxygens (including phenoxy) is 2. The van der Waals surface area contributed by atoms with Gasteiger partial charge in [0.1, 0.15) is 0 Å². The highest BCUT2D eigenvalue weighted by molar-refractivity contribution is 5.54. The van der Waals surface area contributed by atoms with Crippen LogP contribution in [0.25, 0.3) is 0 Å². The summed E-state index contributed by atoms with van der Waals surface area (Å²) in [6.45, 7) is 7.86. The lowest BCUT2D eigenvalue weighted by Crippen LogP contribution is -2.08. The van der Waals surface area contributed by atoms with E-state index < -0.39 is 0 Å². The maximum absolute atomic E-state index is 5.78. The molecule has 116 valence electrons. The molecule has 1 aliphatic rings. The molecule has 1 atom stereocenters. The second kappa shape index (κ2) is 6.30. The third kappa shape index (κ3) is 3.19.